The average molecular weight is 252 g/mol. The van der Waals surface area contributed by atoms with Crippen LogP contribution < -0.4 is 5.32 Å². The van der Waals surface area contributed by atoms with Gasteiger partial charge in [0.1, 0.15) is 11.3 Å². The molecule has 0 saturated carbocycles. The van der Waals surface area contributed by atoms with Gasteiger partial charge in [-0.05, 0) is 40.2 Å². The fourth-order valence-electron chi connectivity index (χ4n) is 2.69. The minimum Gasteiger partial charge on any atom is -0.358 e. The number of hydrogen-bond acceptors (Lipinski definition) is 4. The number of nitrogens with one attached hydrogen (secondary N) is 1. The second-order valence-corrected chi connectivity index (χ2v) is 6.48. The zero-order chi connectivity index (χ0) is 13.6. The summed E-state index contributed by atoms with van der Waals surface area (Å²) in [4.78, 5) is 0. The molecule has 0 saturated heterocycles. The van der Waals surface area contributed by atoms with Crippen molar-refractivity contribution < 1.29 is 9.26 Å². The monoisotopic (exact) mass is 252 g/mol. The fourth-order valence-corrected chi connectivity index (χ4v) is 2.69. The van der Waals surface area contributed by atoms with Gasteiger partial charge in [0.05, 0.1) is 11.2 Å². The first-order valence-electron chi connectivity index (χ1n) is 6.64. The molecule has 4 nitrogen and oxygen atoms in total. The van der Waals surface area contributed by atoms with E-state index in [1.165, 1.54) is 0 Å². The molecule has 0 aromatic carbocycles. The van der Waals surface area contributed by atoms with E-state index in [9.17, 15) is 0 Å². The van der Waals surface area contributed by atoms with E-state index in [2.05, 4.69) is 38.2 Å². The van der Waals surface area contributed by atoms with Gasteiger partial charge in [-0.3, -0.25) is 0 Å². The second kappa shape index (κ2) is 4.35. The molecule has 0 fully saturated rings. The maximum Gasteiger partial charge on any atom is 0.174 e. The molecule has 102 valence electrons. The summed E-state index contributed by atoms with van der Waals surface area (Å²) < 4.78 is 11.6. The highest BCUT2D eigenvalue weighted by molar-refractivity contribution is 5.36. The summed E-state index contributed by atoms with van der Waals surface area (Å²) >= 11 is 0. The predicted octanol–water partition coefficient (Wildman–Crippen LogP) is 2.92. The average Bonchev–Trinajstić information content (AvgIpc) is 2.66. The van der Waals surface area contributed by atoms with Crippen LogP contribution in [0.1, 0.15) is 58.6 Å². The standard InChI is InChI=1S/C14H24N2O2/c1-9(2)7-15-8-10-11-12(17-16-10)14(5,6)18-13(11,3)4/h9,15H,7-8H2,1-6H3. The third kappa shape index (κ3) is 2.31. The highest BCUT2D eigenvalue weighted by Crippen LogP contribution is 2.48. The van der Waals surface area contributed by atoms with E-state index < -0.39 is 0 Å². The molecule has 0 amide bonds. The van der Waals surface area contributed by atoms with Crippen LogP contribution in [0.5, 0.6) is 0 Å². The van der Waals surface area contributed by atoms with Crippen LogP contribution in [0.2, 0.25) is 0 Å². The fraction of sp³-hybridized carbons (Fsp3) is 0.786. The van der Waals surface area contributed by atoms with Crippen LogP contribution in [0.15, 0.2) is 4.52 Å². The summed E-state index contributed by atoms with van der Waals surface area (Å²) in [5.74, 6) is 1.50. The molecule has 2 rings (SSSR count). The van der Waals surface area contributed by atoms with Gasteiger partial charge in [0.25, 0.3) is 0 Å². The first kappa shape index (κ1) is 13.6. The minimum absolute atomic E-state index is 0.326. The summed E-state index contributed by atoms with van der Waals surface area (Å²) in [6, 6.07) is 0. The van der Waals surface area contributed by atoms with Crippen molar-refractivity contribution in [3.63, 3.8) is 0 Å². The molecule has 4 heteroatoms. The number of aromatic nitrogens is 1. The number of ether oxygens (including phenoxy) is 1. The molecule has 0 atom stereocenters. The topological polar surface area (TPSA) is 47.3 Å². The molecule has 1 aromatic rings. The van der Waals surface area contributed by atoms with Gasteiger partial charge < -0.3 is 14.6 Å². The number of nitrogens with zero attached hydrogens (tertiary/aromatic N) is 1. The molecule has 0 spiro atoms. The highest BCUT2D eigenvalue weighted by atomic mass is 16.6. The summed E-state index contributed by atoms with van der Waals surface area (Å²) in [6.07, 6.45) is 0. The first-order chi connectivity index (χ1) is 8.24. The van der Waals surface area contributed by atoms with Crippen LogP contribution in [0.4, 0.5) is 0 Å². The maximum atomic E-state index is 6.05. The molecule has 0 radical (unpaired) electrons. The molecule has 18 heavy (non-hydrogen) atoms. The van der Waals surface area contributed by atoms with Crippen LogP contribution >= 0.6 is 0 Å². The van der Waals surface area contributed by atoms with E-state index in [1.54, 1.807) is 0 Å². The predicted molar refractivity (Wildman–Crippen MR) is 70.2 cm³/mol. The zero-order valence-corrected chi connectivity index (χ0v) is 12.3. The van der Waals surface area contributed by atoms with Gasteiger partial charge in [-0.2, -0.15) is 0 Å². The molecule has 1 aromatic heterocycles. The van der Waals surface area contributed by atoms with Crippen LogP contribution in [-0.2, 0) is 22.5 Å². The van der Waals surface area contributed by atoms with E-state index in [4.69, 9.17) is 9.26 Å². The number of fused-ring (bicyclic) bond motifs is 1. The molecule has 0 aliphatic carbocycles. The van der Waals surface area contributed by atoms with E-state index in [-0.39, 0.29) is 11.2 Å². The Hall–Kier alpha value is -0.870. The van der Waals surface area contributed by atoms with Crippen molar-refractivity contribution in [2.45, 2.75) is 59.3 Å². The molecule has 0 unspecified atom stereocenters. The van der Waals surface area contributed by atoms with E-state index >= 15 is 0 Å². The summed E-state index contributed by atoms with van der Waals surface area (Å²) in [6.45, 7) is 14.3. The smallest absolute Gasteiger partial charge is 0.174 e. The Morgan fingerprint density at radius 1 is 1.17 bits per heavy atom. The summed E-state index contributed by atoms with van der Waals surface area (Å²) in [5, 5.41) is 7.61. The van der Waals surface area contributed by atoms with Gasteiger partial charge in [0.2, 0.25) is 0 Å². The van der Waals surface area contributed by atoms with Crippen molar-refractivity contribution in [1.29, 1.82) is 0 Å². The van der Waals surface area contributed by atoms with E-state index in [0.717, 1.165) is 30.1 Å². The zero-order valence-electron chi connectivity index (χ0n) is 12.3. The molecule has 0 bridgehead atoms. The number of hydrogen-bond donors (Lipinski definition) is 1. The van der Waals surface area contributed by atoms with Crippen molar-refractivity contribution in [3.05, 3.63) is 17.0 Å². The minimum atomic E-state index is -0.387. The van der Waals surface area contributed by atoms with Crippen molar-refractivity contribution in [2.24, 2.45) is 5.92 Å². The highest BCUT2D eigenvalue weighted by Gasteiger charge is 2.48. The quantitative estimate of drug-likeness (QED) is 0.895. The van der Waals surface area contributed by atoms with Crippen LogP contribution in [-0.4, -0.2) is 11.7 Å². The Balaban J connectivity index is 2.21. The third-order valence-corrected chi connectivity index (χ3v) is 3.27. The van der Waals surface area contributed by atoms with E-state index in [0.29, 0.717) is 5.92 Å². The lowest BCUT2D eigenvalue weighted by Crippen LogP contribution is -2.25. The first-order valence-corrected chi connectivity index (χ1v) is 6.64. The van der Waals surface area contributed by atoms with Crippen molar-refractivity contribution in [2.75, 3.05) is 6.54 Å². The normalized spacial score (nSPS) is 20.4. The lowest BCUT2D eigenvalue weighted by Gasteiger charge is -2.24. The van der Waals surface area contributed by atoms with Gasteiger partial charge >= 0.3 is 0 Å². The molecular weight excluding hydrogens is 228 g/mol. The van der Waals surface area contributed by atoms with Crippen molar-refractivity contribution in [3.8, 4) is 0 Å². The van der Waals surface area contributed by atoms with Crippen molar-refractivity contribution in [1.82, 2.24) is 10.5 Å². The number of rotatable bonds is 4. The summed E-state index contributed by atoms with van der Waals surface area (Å²) in [7, 11) is 0. The molecule has 1 aliphatic rings. The van der Waals surface area contributed by atoms with Gasteiger partial charge in [0, 0.05) is 6.54 Å². The molecule has 2 heterocycles. The largest absolute Gasteiger partial charge is 0.358 e. The summed E-state index contributed by atoms with van der Waals surface area (Å²) in [5.41, 5.74) is 1.38. The second-order valence-electron chi connectivity index (χ2n) is 6.48. The van der Waals surface area contributed by atoms with Gasteiger partial charge in [-0.25, -0.2) is 0 Å². The Morgan fingerprint density at radius 3 is 2.44 bits per heavy atom. The van der Waals surface area contributed by atoms with Crippen LogP contribution in [0, 0.1) is 5.92 Å². The molecule has 1 aliphatic heterocycles. The Labute approximate surface area is 109 Å². The Kier molecular flexibility index (Phi) is 3.28. The third-order valence-electron chi connectivity index (χ3n) is 3.27. The van der Waals surface area contributed by atoms with Crippen LogP contribution in [0.25, 0.3) is 0 Å². The van der Waals surface area contributed by atoms with Crippen molar-refractivity contribution >= 4 is 0 Å². The SMILES string of the molecule is CC(C)CNCc1noc2c1C(C)(C)OC2(C)C. The van der Waals surface area contributed by atoms with Gasteiger partial charge in [-0.1, -0.05) is 19.0 Å². The van der Waals surface area contributed by atoms with E-state index in [1.807, 2.05) is 13.8 Å². The van der Waals surface area contributed by atoms with Crippen LogP contribution in [0.3, 0.4) is 0 Å². The van der Waals surface area contributed by atoms with Gasteiger partial charge in [-0.15, -0.1) is 0 Å². The molecular formula is C14H24N2O2. The lowest BCUT2D eigenvalue weighted by atomic mass is 9.95. The Morgan fingerprint density at radius 2 is 1.83 bits per heavy atom. The molecule has 1 N–H and O–H groups in total. The Bertz CT molecular complexity index is 433. The lowest BCUT2D eigenvalue weighted by molar-refractivity contribution is -0.114. The van der Waals surface area contributed by atoms with Gasteiger partial charge in [0.15, 0.2) is 5.76 Å². The maximum absolute atomic E-state index is 6.05.